The van der Waals surface area contributed by atoms with Crippen LogP contribution in [0.25, 0.3) is 33.5 Å². The van der Waals surface area contributed by atoms with Crippen molar-refractivity contribution in [3.05, 3.63) is 59.9 Å². The second-order valence-corrected chi connectivity index (χ2v) is 8.54. The van der Waals surface area contributed by atoms with E-state index in [9.17, 15) is 13.9 Å². The van der Waals surface area contributed by atoms with Gasteiger partial charge in [-0.25, -0.2) is 13.8 Å². The van der Waals surface area contributed by atoms with Gasteiger partial charge in [0.05, 0.1) is 41.2 Å². The molecule has 1 aliphatic rings. The highest BCUT2D eigenvalue weighted by Gasteiger charge is 2.30. The standard InChI is InChI=1S/C25H25F2N5O2/c1-13-23(25-30-20-6-4-15(34-2)10-21(20)31-25)24(32-8-7-19(28)22(33)12-32)17(11-29-13)16-9-14(26)3-5-18(16)27/h3-6,9-11,19,22,33H,7-8,12,28H2,1-2H3,(H,30,31)/t19-,22+/m1/s1. The zero-order valence-corrected chi connectivity index (χ0v) is 18.8. The fourth-order valence-electron chi connectivity index (χ4n) is 4.49. The second kappa shape index (κ2) is 8.66. The summed E-state index contributed by atoms with van der Waals surface area (Å²) in [5, 5.41) is 10.5. The quantitative estimate of drug-likeness (QED) is 0.424. The van der Waals surface area contributed by atoms with Gasteiger partial charge in [-0.15, -0.1) is 0 Å². The number of hydrogen-bond acceptors (Lipinski definition) is 6. The van der Waals surface area contributed by atoms with Gasteiger partial charge in [-0.1, -0.05) is 0 Å². The average molecular weight is 466 g/mol. The summed E-state index contributed by atoms with van der Waals surface area (Å²) in [5.41, 5.74) is 9.97. The molecular weight excluding hydrogens is 440 g/mol. The normalized spacial score (nSPS) is 18.5. The molecule has 1 aliphatic heterocycles. The maximum Gasteiger partial charge on any atom is 0.142 e. The molecule has 0 radical (unpaired) electrons. The molecule has 7 nitrogen and oxygen atoms in total. The highest BCUT2D eigenvalue weighted by Crippen LogP contribution is 2.42. The highest BCUT2D eigenvalue weighted by molar-refractivity contribution is 5.92. The Kier molecular flexibility index (Phi) is 5.66. The molecule has 2 aromatic carbocycles. The van der Waals surface area contributed by atoms with Crippen LogP contribution in [0, 0.1) is 18.6 Å². The Bertz CT molecular complexity index is 1370. The smallest absolute Gasteiger partial charge is 0.142 e. The monoisotopic (exact) mass is 465 g/mol. The van der Waals surface area contributed by atoms with E-state index in [2.05, 4.69) is 9.97 Å². The zero-order valence-electron chi connectivity index (χ0n) is 18.8. The number of hydrogen-bond donors (Lipinski definition) is 3. The molecule has 4 aromatic rings. The topological polar surface area (TPSA) is 100 Å². The van der Waals surface area contributed by atoms with Gasteiger partial charge in [-0.3, -0.25) is 4.98 Å². The van der Waals surface area contributed by atoms with E-state index in [0.29, 0.717) is 47.0 Å². The van der Waals surface area contributed by atoms with E-state index in [0.717, 1.165) is 29.2 Å². The number of halogens is 2. The van der Waals surface area contributed by atoms with Gasteiger partial charge in [-0.05, 0) is 43.7 Å². The lowest BCUT2D eigenvalue weighted by atomic mass is 9.95. The Labute approximate surface area is 195 Å². The molecule has 2 atom stereocenters. The van der Waals surface area contributed by atoms with Crippen molar-refractivity contribution in [1.82, 2.24) is 15.0 Å². The molecule has 0 aliphatic carbocycles. The van der Waals surface area contributed by atoms with E-state index in [1.165, 1.54) is 0 Å². The van der Waals surface area contributed by atoms with E-state index in [1.807, 2.05) is 30.0 Å². The average Bonchev–Trinajstić information content (AvgIpc) is 3.25. The number of anilines is 1. The van der Waals surface area contributed by atoms with Crippen LogP contribution in [0.5, 0.6) is 5.75 Å². The third-order valence-corrected chi connectivity index (χ3v) is 6.34. The Hall–Kier alpha value is -3.56. The summed E-state index contributed by atoms with van der Waals surface area (Å²) in [6.45, 7) is 2.62. The molecule has 4 N–H and O–H groups in total. The van der Waals surface area contributed by atoms with Crippen LogP contribution in [-0.2, 0) is 0 Å². The van der Waals surface area contributed by atoms with Gasteiger partial charge >= 0.3 is 0 Å². The van der Waals surface area contributed by atoms with Crippen molar-refractivity contribution in [2.75, 3.05) is 25.1 Å². The van der Waals surface area contributed by atoms with Crippen molar-refractivity contribution in [2.24, 2.45) is 5.73 Å². The minimum absolute atomic E-state index is 0.0888. The van der Waals surface area contributed by atoms with Crippen LogP contribution in [-0.4, -0.2) is 52.4 Å². The number of nitrogens with two attached hydrogens (primary N) is 1. The fourth-order valence-corrected chi connectivity index (χ4v) is 4.49. The molecule has 3 heterocycles. The predicted molar refractivity (Wildman–Crippen MR) is 127 cm³/mol. The molecule has 34 heavy (non-hydrogen) atoms. The number of benzene rings is 2. The maximum absolute atomic E-state index is 14.9. The van der Waals surface area contributed by atoms with E-state index in [4.69, 9.17) is 15.5 Å². The first kappa shape index (κ1) is 22.2. The number of nitrogens with zero attached hydrogens (tertiary/aromatic N) is 3. The summed E-state index contributed by atoms with van der Waals surface area (Å²) < 4.78 is 34.4. The molecule has 1 fully saturated rings. The summed E-state index contributed by atoms with van der Waals surface area (Å²) >= 11 is 0. The number of pyridine rings is 1. The number of rotatable bonds is 4. The van der Waals surface area contributed by atoms with E-state index in [-0.39, 0.29) is 18.2 Å². The summed E-state index contributed by atoms with van der Waals surface area (Å²) in [5.74, 6) is 0.0941. The lowest BCUT2D eigenvalue weighted by molar-refractivity contribution is 0.132. The summed E-state index contributed by atoms with van der Waals surface area (Å²) in [6, 6.07) is 8.49. The molecule has 0 saturated carbocycles. The Morgan fingerprint density at radius 2 is 2.00 bits per heavy atom. The van der Waals surface area contributed by atoms with Crippen LogP contribution in [0.15, 0.2) is 42.6 Å². The van der Waals surface area contributed by atoms with Gasteiger partial charge in [0.25, 0.3) is 0 Å². The van der Waals surface area contributed by atoms with Crippen LogP contribution in [0.2, 0.25) is 0 Å². The minimum atomic E-state index is -0.764. The Morgan fingerprint density at radius 3 is 2.76 bits per heavy atom. The number of aliphatic hydroxyl groups excluding tert-OH is 1. The summed E-state index contributed by atoms with van der Waals surface area (Å²) in [7, 11) is 1.59. The number of β-amino-alcohol motifs (C(OH)–C–C–N with tert-alkyl or cyclic N) is 1. The predicted octanol–water partition coefficient (Wildman–Crippen LogP) is 3.79. The number of piperidine rings is 1. The summed E-state index contributed by atoms with van der Waals surface area (Å²) in [6.07, 6.45) is 1.32. The first-order valence-corrected chi connectivity index (χ1v) is 11.0. The molecule has 1 saturated heterocycles. The van der Waals surface area contributed by atoms with Crippen molar-refractivity contribution in [3.8, 4) is 28.3 Å². The first-order chi connectivity index (χ1) is 16.4. The van der Waals surface area contributed by atoms with Crippen molar-refractivity contribution in [3.63, 3.8) is 0 Å². The number of H-pyrrole nitrogens is 1. The zero-order chi connectivity index (χ0) is 24.0. The molecule has 0 unspecified atom stereocenters. The Morgan fingerprint density at radius 1 is 1.18 bits per heavy atom. The molecule has 2 aromatic heterocycles. The molecule has 0 spiro atoms. The molecule has 0 bridgehead atoms. The number of aryl methyl sites for hydroxylation is 1. The van der Waals surface area contributed by atoms with Gasteiger partial charge in [0.1, 0.15) is 23.2 Å². The first-order valence-electron chi connectivity index (χ1n) is 11.0. The number of imidazole rings is 1. The molecular formula is C25H25F2N5O2. The van der Waals surface area contributed by atoms with Gasteiger partial charge in [0.2, 0.25) is 0 Å². The minimum Gasteiger partial charge on any atom is -0.497 e. The van der Waals surface area contributed by atoms with E-state index in [1.54, 1.807) is 13.3 Å². The molecule has 0 amide bonds. The number of aromatic nitrogens is 3. The second-order valence-electron chi connectivity index (χ2n) is 8.54. The van der Waals surface area contributed by atoms with Gasteiger partial charge in [0.15, 0.2) is 0 Å². The van der Waals surface area contributed by atoms with E-state index < -0.39 is 17.7 Å². The van der Waals surface area contributed by atoms with Crippen LogP contribution in [0.4, 0.5) is 14.5 Å². The van der Waals surface area contributed by atoms with Crippen LogP contribution in [0.1, 0.15) is 12.1 Å². The SMILES string of the molecule is COc1ccc2nc(-c3c(C)ncc(-c4cc(F)ccc4F)c3N3CC[C@@H](N)[C@@H](O)C3)[nH]c2c1. The largest absolute Gasteiger partial charge is 0.497 e. The number of fused-ring (bicyclic) bond motifs is 1. The van der Waals surface area contributed by atoms with Crippen molar-refractivity contribution < 1.29 is 18.6 Å². The lowest BCUT2D eigenvalue weighted by Gasteiger charge is -2.37. The number of nitrogens with one attached hydrogen (secondary N) is 1. The van der Waals surface area contributed by atoms with Crippen molar-refractivity contribution in [2.45, 2.75) is 25.5 Å². The highest BCUT2D eigenvalue weighted by atomic mass is 19.1. The molecule has 176 valence electrons. The lowest BCUT2D eigenvalue weighted by Crippen LogP contribution is -2.51. The maximum atomic E-state index is 14.9. The molecule has 5 rings (SSSR count). The van der Waals surface area contributed by atoms with Crippen molar-refractivity contribution in [1.29, 1.82) is 0 Å². The van der Waals surface area contributed by atoms with Crippen LogP contribution < -0.4 is 15.4 Å². The van der Waals surface area contributed by atoms with Gasteiger partial charge in [0, 0.05) is 42.5 Å². The number of ether oxygens (including phenoxy) is 1. The van der Waals surface area contributed by atoms with Gasteiger partial charge < -0.3 is 25.5 Å². The van der Waals surface area contributed by atoms with Crippen LogP contribution in [0.3, 0.4) is 0 Å². The van der Waals surface area contributed by atoms with E-state index >= 15 is 0 Å². The number of methoxy groups -OCH3 is 1. The van der Waals surface area contributed by atoms with Crippen molar-refractivity contribution >= 4 is 16.7 Å². The van der Waals surface area contributed by atoms with Crippen LogP contribution >= 0.6 is 0 Å². The Balaban J connectivity index is 1.76. The number of aliphatic hydroxyl groups is 1. The third kappa shape index (κ3) is 3.86. The fraction of sp³-hybridized carbons (Fsp3) is 0.280. The van der Waals surface area contributed by atoms with Gasteiger partial charge in [-0.2, -0.15) is 0 Å². The number of aromatic amines is 1. The third-order valence-electron chi connectivity index (χ3n) is 6.34. The summed E-state index contributed by atoms with van der Waals surface area (Å²) in [4.78, 5) is 14.5. The molecule has 9 heteroatoms.